The first-order valence-corrected chi connectivity index (χ1v) is 9.25. The molecule has 134 valence electrons. The summed E-state index contributed by atoms with van der Waals surface area (Å²) >= 11 is 0. The predicted octanol–water partition coefficient (Wildman–Crippen LogP) is 4.97. The molecule has 0 saturated heterocycles. The molecule has 1 aliphatic rings. The number of hydrogen-bond donors (Lipinski definition) is 1. The lowest BCUT2D eigenvalue weighted by molar-refractivity contribution is 0.320. The third-order valence-corrected chi connectivity index (χ3v) is 5.59. The zero-order valence-corrected chi connectivity index (χ0v) is 14.7. The minimum atomic E-state index is -0.280. The van der Waals surface area contributed by atoms with Crippen LogP contribution in [0.1, 0.15) is 31.7 Å². The van der Waals surface area contributed by atoms with Crippen molar-refractivity contribution in [2.75, 3.05) is 0 Å². The zero-order chi connectivity index (χ0) is 18.4. The molecular formula is C21H18FN5. The van der Waals surface area contributed by atoms with Crippen LogP contribution in [0, 0.1) is 23.1 Å². The van der Waals surface area contributed by atoms with E-state index in [1.165, 1.54) is 6.07 Å². The molecule has 0 atom stereocenters. The Balaban J connectivity index is 1.77. The number of aromatic nitrogens is 4. The number of nitrogens with one attached hydrogen (secondary N) is 1. The highest BCUT2D eigenvalue weighted by Gasteiger charge is 2.28. The van der Waals surface area contributed by atoms with Gasteiger partial charge in [-0.15, -0.1) is 0 Å². The monoisotopic (exact) mass is 359 g/mol. The number of benzene rings is 1. The van der Waals surface area contributed by atoms with E-state index in [1.807, 2.05) is 18.3 Å². The molecule has 0 unspecified atom stereocenters. The van der Waals surface area contributed by atoms with Crippen molar-refractivity contribution in [3.8, 4) is 17.5 Å². The molecule has 3 aromatic heterocycles. The van der Waals surface area contributed by atoms with Crippen LogP contribution in [0.2, 0.25) is 0 Å². The highest BCUT2D eigenvalue weighted by Crippen LogP contribution is 2.39. The van der Waals surface area contributed by atoms with Gasteiger partial charge < -0.3 is 9.55 Å². The van der Waals surface area contributed by atoms with Crippen LogP contribution in [-0.4, -0.2) is 19.5 Å². The van der Waals surface area contributed by atoms with E-state index in [1.54, 1.807) is 18.3 Å². The van der Waals surface area contributed by atoms with Gasteiger partial charge in [-0.2, -0.15) is 5.26 Å². The number of aromatic amines is 1. The van der Waals surface area contributed by atoms with Gasteiger partial charge in [0.1, 0.15) is 22.8 Å². The molecule has 5 rings (SSSR count). The van der Waals surface area contributed by atoms with Crippen LogP contribution >= 0.6 is 0 Å². The second kappa shape index (κ2) is 6.20. The van der Waals surface area contributed by atoms with Crippen molar-refractivity contribution >= 4 is 22.1 Å². The standard InChI is InChI=1S/C21H18FN5/c22-17-4-2-1-3-15(17)21-26-18-12-25-20-16(9-10-24-20)19(18)27(21)14-7-5-13(11-23)6-8-14/h1-4,9-10,12-14H,5-8H2,(H,24,25)/t13-,14-. The summed E-state index contributed by atoms with van der Waals surface area (Å²) in [5.41, 5.74) is 3.05. The van der Waals surface area contributed by atoms with Gasteiger partial charge in [0, 0.05) is 23.5 Å². The average Bonchev–Trinajstić information content (AvgIpc) is 3.32. The van der Waals surface area contributed by atoms with Crippen LogP contribution in [0.25, 0.3) is 33.5 Å². The highest BCUT2D eigenvalue weighted by molar-refractivity contribution is 6.02. The fourth-order valence-corrected chi connectivity index (χ4v) is 4.24. The number of H-pyrrole nitrogens is 1. The van der Waals surface area contributed by atoms with Gasteiger partial charge in [0.25, 0.3) is 0 Å². The summed E-state index contributed by atoms with van der Waals surface area (Å²) in [6.07, 6.45) is 7.11. The second-order valence-electron chi connectivity index (χ2n) is 7.15. The van der Waals surface area contributed by atoms with Crippen molar-refractivity contribution in [2.24, 2.45) is 5.92 Å². The minimum absolute atomic E-state index is 0.113. The molecule has 0 aliphatic heterocycles. The summed E-state index contributed by atoms with van der Waals surface area (Å²) < 4.78 is 16.8. The molecule has 0 spiro atoms. The van der Waals surface area contributed by atoms with Gasteiger partial charge in [-0.1, -0.05) is 12.1 Å². The van der Waals surface area contributed by atoms with Gasteiger partial charge in [-0.3, -0.25) is 0 Å². The lowest BCUT2D eigenvalue weighted by atomic mass is 9.86. The Morgan fingerprint density at radius 3 is 2.74 bits per heavy atom. The fourth-order valence-electron chi connectivity index (χ4n) is 4.24. The van der Waals surface area contributed by atoms with Gasteiger partial charge >= 0.3 is 0 Å². The zero-order valence-electron chi connectivity index (χ0n) is 14.7. The molecule has 1 aliphatic carbocycles. The number of nitrogens with zero attached hydrogens (tertiary/aromatic N) is 4. The number of imidazole rings is 1. The smallest absolute Gasteiger partial charge is 0.144 e. The molecule has 0 radical (unpaired) electrons. The van der Waals surface area contributed by atoms with E-state index in [2.05, 4.69) is 20.6 Å². The molecule has 6 heteroatoms. The molecule has 27 heavy (non-hydrogen) atoms. The van der Waals surface area contributed by atoms with Gasteiger partial charge in [0.05, 0.1) is 23.3 Å². The summed E-state index contributed by atoms with van der Waals surface area (Å²) in [5, 5.41) is 10.2. The molecule has 5 nitrogen and oxygen atoms in total. The van der Waals surface area contributed by atoms with Crippen LogP contribution in [0.3, 0.4) is 0 Å². The first-order chi connectivity index (χ1) is 13.3. The average molecular weight is 359 g/mol. The van der Waals surface area contributed by atoms with Crippen molar-refractivity contribution in [2.45, 2.75) is 31.7 Å². The van der Waals surface area contributed by atoms with Crippen molar-refractivity contribution in [1.82, 2.24) is 19.5 Å². The quantitative estimate of drug-likeness (QED) is 0.549. The van der Waals surface area contributed by atoms with Crippen LogP contribution in [0.5, 0.6) is 0 Å². The van der Waals surface area contributed by atoms with E-state index in [4.69, 9.17) is 4.98 Å². The molecular weight excluding hydrogens is 341 g/mol. The third kappa shape index (κ3) is 2.50. The Hall–Kier alpha value is -3.20. The maximum Gasteiger partial charge on any atom is 0.144 e. The van der Waals surface area contributed by atoms with Crippen molar-refractivity contribution in [3.05, 3.63) is 48.5 Å². The SMILES string of the molecule is N#C[C@H]1CC[C@H](n2c(-c3ccccc3F)nc3cnc4[nH]ccc4c32)CC1. The van der Waals surface area contributed by atoms with E-state index in [-0.39, 0.29) is 17.8 Å². The van der Waals surface area contributed by atoms with Gasteiger partial charge in [0.15, 0.2) is 0 Å². The molecule has 4 aromatic rings. The Morgan fingerprint density at radius 2 is 1.96 bits per heavy atom. The second-order valence-corrected chi connectivity index (χ2v) is 7.15. The summed E-state index contributed by atoms with van der Waals surface area (Å²) in [5.74, 6) is 0.471. The molecule has 1 N–H and O–H groups in total. The maximum absolute atomic E-state index is 14.6. The van der Waals surface area contributed by atoms with Gasteiger partial charge in [0.2, 0.25) is 0 Å². The Kier molecular flexibility index (Phi) is 3.68. The number of hydrogen-bond acceptors (Lipinski definition) is 3. The molecule has 1 saturated carbocycles. The number of fused-ring (bicyclic) bond motifs is 3. The first kappa shape index (κ1) is 16.0. The number of halogens is 1. The van der Waals surface area contributed by atoms with Crippen LogP contribution in [0.15, 0.2) is 42.7 Å². The molecule has 1 fully saturated rings. The Labute approximate surface area is 155 Å². The van der Waals surface area contributed by atoms with Crippen molar-refractivity contribution in [1.29, 1.82) is 5.26 Å². The lowest BCUT2D eigenvalue weighted by Crippen LogP contribution is -2.18. The third-order valence-electron chi connectivity index (χ3n) is 5.59. The molecule has 3 heterocycles. The van der Waals surface area contributed by atoms with Crippen molar-refractivity contribution in [3.63, 3.8) is 0 Å². The summed E-state index contributed by atoms with van der Waals surface area (Å²) in [6.45, 7) is 0. The van der Waals surface area contributed by atoms with Crippen LogP contribution < -0.4 is 0 Å². The first-order valence-electron chi connectivity index (χ1n) is 9.25. The van der Waals surface area contributed by atoms with Crippen LogP contribution in [-0.2, 0) is 0 Å². The molecule has 0 amide bonds. The fraction of sp³-hybridized carbons (Fsp3) is 0.286. The lowest BCUT2D eigenvalue weighted by Gasteiger charge is -2.28. The predicted molar refractivity (Wildman–Crippen MR) is 101 cm³/mol. The van der Waals surface area contributed by atoms with E-state index in [9.17, 15) is 9.65 Å². The van der Waals surface area contributed by atoms with E-state index in [0.29, 0.717) is 11.4 Å². The molecule has 0 bridgehead atoms. The summed E-state index contributed by atoms with van der Waals surface area (Å²) in [4.78, 5) is 12.4. The minimum Gasteiger partial charge on any atom is -0.346 e. The van der Waals surface area contributed by atoms with Crippen LogP contribution in [0.4, 0.5) is 4.39 Å². The Bertz CT molecular complexity index is 1170. The topological polar surface area (TPSA) is 70.3 Å². The maximum atomic E-state index is 14.6. The molecule has 1 aromatic carbocycles. The van der Waals surface area contributed by atoms with E-state index >= 15 is 0 Å². The van der Waals surface area contributed by atoms with Gasteiger partial charge in [-0.25, -0.2) is 14.4 Å². The summed E-state index contributed by atoms with van der Waals surface area (Å²) in [6, 6.07) is 11.3. The van der Waals surface area contributed by atoms with E-state index in [0.717, 1.165) is 47.8 Å². The Morgan fingerprint density at radius 1 is 1.15 bits per heavy atom. The van der Waals surface area contributed by atoms with Crippen molar-refractivity contribution < 1.29 is 4.39 Å². The summed E-state index contributed by atoms with van der Waals surface area (Å²) in [7, 11) is 0. The highest BCUT2D eigenvalue weighted by atomic mass is 19.1. The van der Waals surface area contributed by atoms with E-state index < -0.39 is 0 Å². The van der Waals surface area contributed by atoms with Gasteiger partial charge in [-0.05, 0) is 43.9 Å². The number of pyridine rings is 1. The number of nitriles is 1. The largest absolute Gasteiger partial charge is 0.346 e. The number of rotatable bonds is 2. The normalized spacial score (nSPS) is 20.1.